The molecule has 0 radical (unpaired) electrons. The molecular weight excluding hydrogens is 246 g/mol. The number of rotatable bonds is 4. The van der Waals surface area contributed by atoms with Gasteiger partial charge in [0.2, 0.25) is 0 Å². The second-order valence-electron chi connectivity index (χ2n) is 4.85. The van der Waals surface area contributed by atoms with E-state index in [-0.39, 0.29) is 0 Å². The molecule has 3 rings (SSSR count). The Kier molecular flexibility index (Phi) is 3.64. The van der Waals surface area contributed by atoms with Gasteiger partial charge in [0.25, 0.3) is 0 Å². The molecule has 0 atom stereocenters. The third kappa shape index (κ3) is 2.80. The number of pyridine rings is 1. The van der Waals surface area contributed by atoms with Crippen LogP contribution in [0.25, 0.3) is 10.9 Å². The van der Waals surface area contributed by atoms with Crippen molar-refractivity contribution in [3.8, 4) is 5.75 Å². The zero-order chi connectivity index (χ0) is 13.8. The van der Waals surface area contributed by atoms with Gasteiger partial charge < -0.3 is 4.74 Å². The fraction of sp³-hybridized carbons (Fsp3) is 0.167. The molecule has 2 nitrogen and oxygen atoms in total. The molecule has 0 fully saturated rings. The molecule has 0 spiro atoms. The molecular formula is C18H17NO. The van der Waals surface area contributed by atoms with Crippen LogP contribution < -0.4 is 4.74 Å². The van der Waals surface area contributed by atoms with Crippen LogP contribution >= 0.6 is 0 Å². The third-order valence-corrected chi connectivity index (χ3v) is 3.47. The Bertz CT molecular complexity index is 707. The van der Waals surface area contributed by atoms with Crippen LogP contribution in [0.5, 0.6) is 5.75 Å². The van der Waals surface area contributed by atoms with E-state index < -0.39 is 0 Å². The molecule has 0 saturated carbocycles. The average Bonchev–Trinajstić information content (AvgIpc) is 2.53. The second kappa shape index (κ2) is 5.74. The molecule has 1 aromatic heterocycles. The number of aromatic nitrogens is 1. The molecule has 0 unspecified atom stereocenters. The summed E-state index contributed by atoms with van der Waals surface area (Å²) in [5.41, 5.74) is 3.51. The van der Waals surface area contributed by atoms with Gasteiger partial charge in [-0.3, -0.25) is 4.98 Å². The van der Waals surface area contributed by atoms with Crippen LogP contribution in [0.15, 0.2) is 60.7 Å². The van der Waals surface area contributed by atoms with Crippen molar-refractivity contribution in [1.29, 1.82) is 0 Å². The Morgan fingerprint density at radius 2 is 1.75 bits per heavy atom. The first-order valence-corrected chi connectivity index (χ1v) is 6.83. The van der Waals surface area contributed by atoms with E-state index in [4.69, 9.17) is 9.72 Å². The maximum atomic E-state index is 5.23. The number of nitrogens with zero attached hydrogens (tertiary/aromatic N) is 1. The minimum atomic E-state index is 0.872. The zero-order valence-electron chi connectivity index (χ0n) is 11.5. The van der Waals surface area contributed by atoms with Crippen molar-refractivity contribution < 1.29 is 4.74 Å². The highest BCUT2D eigenvalue weighted by atomic mass is 16.5. The molecule has 2 heteroatoms. The van der Waals surface area contributed by atoms with Crippen LogP contribution in [0, 0.1) is 0 Å². The van der Waals surface area contributed by atoms with Gasteiger partial charge in [0.1, 0.15) is 5.75 Å². The summed E-state index contributed by atoms with van der Waals surface area (Å²) in [6.07, 6.45) is 1.99. The maximum absolute atomic E-state index is 5.23. The van der Waals surface area contributed by atoms with Crippen molar-refractivity contribution in [3.63, 3.8) is 0 Å². The Hall–Kier alpha value is -2.35. The summed E-state index contributed by atoms with van der Waals surface area (Å²) in [6.45, 7) is 0. The molecule has 0 bridgehead atoms. The average molecular weight is 263 g/mol. The Morgan fingerprint density at radius 3 is 2.55 bits per heavy atom. The molecule has 0 amide bonds. The summed E-state index contributed by atoms with van der Waals surface area (Å²) in [4.78, 5) is 4.71. The van der Waals surface area contributed by atoms with E-state index >= 15 is 0 Å². The van der Waals surface area contributed by atoms with Crippen LogP contribution in [0.4, 0.5) is 0 Å². The molecule has 3 aromatic rings. The number of hydrogen-bond acceptors (Lipinski definition) is 2. The monoisotopic (exact) mass is 263 g/mol. The summed E-state index contributed by atoms with van der Waals surface area (Å²) in [5.74, 6) is 0.872. The van der Waals surface area contributed by atoms with Gasteiger partial charge in [-0.05, 0) is 42.7 Å². The summed E-state index contributed by atoms with van der Waals surface area (Å²) in [6, 6.07) is 20.7. The SMILES string of the molecule is COc1ccc2nc(CCc3ccccc3)ccc2c1. The van der Waals surface area contributed by atoms with Crippen molar-refractivity contribution in [3.05, 3.63) is 71.9 Å². The van der Waals surface area contributed by atoms with Gasteiger partial charge in [-0.1, -0.05) is 36.4 Å². The van der Waals surface area contributed by atoms with Crippen molar-refractivity contribution in [1.82, 2.24) is 4.98 Å². The lowest BCUT2D eigenvalue weighted by atomic mass is 10.1. The lowest BCUT2D eigenvalue weighted by Crippen LogP contribution is -1.95. The van der Waals surface area contributed by atoms with Crippen LogP contribution in [0.1, 0.15) is 11.3 Å². The normalized spacial score (nSPS) is 10.7. The van der Waals surface area contributed by atoms with E-state index in [9.17, 15) is 0 Å². The summed E-state index contributed by atoms with van der Waals surface area (Å²) in [5, 5.41) is 1.12. The Labute approximate surface area is 119 Å². The quantitative estimate of drug-likeness (QED) is 0.709. The molecule has 0 aliphatic heterocycles. The van der Waals surface area contributed by atoms with Gasteiger partial charge in [-0.25, -0.2) is 0 Å². The maximum Gasteiger partial charge on any atom is 0.119 e. The van der Waals surface area contributed by atoms with Gasteiger partial charge in [0.05, 0.1) is 12.6 Å². The van der Waals surface area contributed by atoms with Crippen LogP contribution in [0.2, 0.25) is 0 Å². The van der Waals surface area contributed by atoms with Crippen molar-refractivity contribution in [2.24, 2.45) is 0 Å². The highest BCUT2D eigenvalue weighted by molar-refractivity contribution is 5.80. The number of ether oxygens (including phenoxy) is 1. The van der Waals surface area contributed by atoms with Crippen LogP contribution in [-0.2, 0) is 12.8 Å². The number of methoxy groups -OCH3 is 1. The molecule has 0 aliphatic carbocycles. The largest absolute Gasteiger partial charge is 0.497 e. The van der Waals surface area contributed by atoms with Crippen molar-refractivity contribution >= 4 is 10.9 Å². The van der Waals surface area contributed by atoms with E-state index in [0.717, 1.165) is 35.2 Å². The molecule has 0 N–H and O–H groups in total. The topological polar surface area (TPSA) is 22.1 Å². The fourth-order valence-electron chi connectivity index (χ4n) is 2.33. The van der Waals surface area contributed by atoms with Gasteiger partial charge in [0.15, 0.2) is 0 Å². The fourth-order valence-corrected chi connectivity index (χ4v) is 2.33. The molecule has 1 heterocycles. The Balaban J connectivity index is 1.79. The molecule has 2 aromatic carbocycles. The molecule has 0 saturated heterocycles. The minimum Gasteiger partial charge on any atom is -0.497 e. The molecule has 0 aliphatic rings. The highest BCUT2D eigenvalue weighted by Gasteiger charge is 2.01. The van der Waals surface area contributed by atoms with Gasteiger partial charge in [0, 0.05) is 11.1 Å². The highest BCUT2D eigenvalue weighted by Crippen LogP contribution is 2.20. The van der Waals surface area contributed by atoms with E-state index in [1.807, 2.05) is 24.3 Å². The van der Waals surface area contributed by atoms with Crippen molar-refractivity contribution in [2.45, 2.75) is 12.8 Å². The predicted molar refractivity (Wildman–Crippen MR) is 82.1 cm³/mol. The molecule has 20 heavy (non-hydrogen) atoms. The predicted octanol–water partition coefficient (Wildman–Crippen LogP) is 4.03. The van der Waals surface area contributed by atoms with E-state index in [2.05, 4.69) is 36.4 Å². The zero-order valence-corrected chi connectivity index (χ0v) is 11.5. The minimum absolute atomic E-state index is 0.872. The standard InChI is InChI=1S/C18H17NO/c1-20-17-11-12-18-15(13-17)8-10-16(19-18)9-7-14-5-3-2-4-6-14/h2-6,8,10-13H,7,9H2,1H3. The van der Waals surface area contributed by atoms with E-state index in [1.54, 1.807) is 7.11 Å². The van der Waals surface area contributed by atoms with Crippen molar-refractivity contribution in [2.75, 3.05) is 7.11 Å². The van der Waals surface area contributed by atoms with Gasteiger partial charge >= 0.3 is 0 Å². The Morgan fingerprint density at radius 1 is 0.900 bits per heavy atom. The summed E-state index contributed by atoms with van der Waals surface area (Å²) < 4.78 is 5.23. The smallest absolute Gasteiger partial charge is 0.119 e. The lowest BCUT2D eigenvalue weighted by molar-refractivity contribution is 0.415. The first-order valence-electron chi connectivity index (χ1n) is 6.83. The summed E-state index contributed by atoms with van der Waals surface area (Å²) >= 11 is 0. The van der Waals surface area contributed by atoms with Gasteiger partial charge in [-0.15, -0.1) is 0 Å². The lowest BCUT2D eigenvalue weighted by Gasteiger charge is -2.05. The van der Waals surface area contributed by atoms with Gasteiger partial charge in [-0.2, -0.15) is 0 Å². The van der Waals surface area contributed by atoms with Crippen LogP contribution in [-0.4, -0.2) is 12.1 Å². The second-order valence-corrected chi connectivity index (χ2v) is 4.85. The first-order chi connectivity index (χ1) is 9.85. The van der Waals surface area contributed by atoms with E-state index in [1.165, 1.54) is 5.56 Å². The summed E-state index contributed by atoms with van der Waals surface area (Å²) in [7, 11) is 1.68. The first kappa shape index (κ1) is 12.7. The third-order valence-electron chi connectivity index (χ3n) is 3.47. The number of fused-ring (bicyclic) bond motifs is 1. The van der Waals surface area contributed by atoms with E-state index in [0.29, 0.717) is 0 Å². The number of aryl methyl sites for hydroxylation is 2. The number of benzene rings is 2. The van der Waals surface area contributed by atoms with Crippen LogP contribution in [0.3, 0.4) is 0 Å². The number of hydrogen-bond donors (Lipinski definition) is 0. The molecule has 100 valence electrons.